The van der Waals surface area contributed by atoms with Gasteiger partial charge in [0.15, 0.2) is 0 Å². The largest absolute Gasteiger partial charge is 0.469 e. The van der Waals surface area contributed by atoms with Crippen LogP contribution in [0.4, 0.5) is 8.78 Å². The van der Waals surface area contributed by atoms with Crippen molar-refractivity contribution in [2.75, 3.05) is 7.11 Å². The summed E-state index contributed by atoms with van der Waals surface area (Å²) in [7, 11) is 1.08. The third-order valence-electron chi connectivity index (χ3n) is 4.39. The van der Waals surface area contributed by atoms with E-state index in [9.17, 15) is 18.7 Å². The average molecular weight is 278 g/mol. The van der Waals surface area contributed by atoms with E-state index < -0.39 is 29.8 Å². The molecule has 0 bridgehead atoms. The second kappa shape index (κ2) is 6.64. The molecule has 2 atom stereocenters. The predicted molar refractivity (Wildman–Crippen MR) is 67.9 cm³/mol. The third kappa shape index (κ3) is 3.25. The van der Waals surface area contributed by atoms with Crippen LogP contribution in [0.25, 0.3) is 0 Å². The molecule has 1 rings (SSSR count). The second-order valence-electron chi connectivity index (χ2n) is 5.71. The highest BCUT2D eigenvalue weighted by Crippen LogP contribution is 2.44. The molecule has 0 aromatic carbocycles. The lowest BCUT2D eigenvalue weighted by molar-refractivity contribution is -0.188. The SMILES string of the molecule is COC(=O)C(C(F)F)C(O)(C(C)C)C1CCCCC1. The molecular weight excluding hydrogens is 254 g/mol. The summed E-state index contributed by atoms with van der Waals surface area (Å²) in [6.07, 6.45) is 1.35. The Kier molecular flexibility index (Phi) is 5.71. The fourth-order valence-electron chi connectivity index (χ4n) is 3.27. The Labute approximate surface area is 113 Å². The van der Waals surface area contributed by atoms with Gasteiger partial charge >= 0.3 is 5.97 Å². The van der Waals surface area contributed by atoms with E-state index in [2.05, 4.69) is 4.74 Å². The van der Waals surface area contributed by atoms with Gasteiger partial charge in [-0.05, 0) is 24.7 Å². The van der Waals surface area contributed by atoms with Crippen LogP contribution in [0.15, 0.2) is 0 Å². The molecule has 0 aromatic heterocycles. The predicted octanol–water partition coefficient (Wildman–Crippen LogP) is 3.01. The van der Waals surface area contributed by atoms with E-state index in [-0.39, 0.29) is 5.92 Å². The van der Waals surface area contributed by atoms with Crippen molar-refractivity contribution in [1.29, 1.82) is 0 Å². The summed E-state index contributed by atoms with van der Waals surface area (Å²) in [5, 5.41) is 10.9. The van der Waals surface area contributed by atoms with Gasteiger partial charge in [-0.2, -0.15) is 0 Å². The Morgan fingerprint density at radius 1 is 1.26 bits per heavy atom. The number of hydrogen-bond acceptors (Lipinski definition) is 3. The lowest BCUT2D eigenvalue weighted by Crippen LogP contribution is -2.56. The molecule has 0 saturated heterocycles. The summed E-state index contributed by atoms with van der Waals surface area (Å²) in [6, 6.07) is 0. The van der Waals surface area contributed by atoms with Crippen molar-refractivity contribution in [1.82, 2.24) is 0 Å². The standard InChI is InChI=1S/C14H24F2O3/c1-9(2)14(18,10-7-5-4-6-8-10)11(12(15)16)13(17)19-3/h9-12,18H,4-8H2,1-3H3. The number of hydrogen-bond donors (Lipinski definition) is 1. The van der Waals surface area contributed by atoms with Gasteiger partial charge in [-0.1, -0.05) is 33.1 Å². The topological polar surface area (TPSA) is 46.5 Å². The first kappa shape index (κ1) is 16.3. The van der Waals surface area contributed by atoms with Gasteiger partial charge in [-0.15, -0.1) is 0 Å². The van der Waals surface area contributed by atoms with Gasteiger partial charge in [-0.3, -0.25) is 4.79 Å². The van der Waals surface area contributed by atoms with Crippen molar-refractivity contribution in [3.8, 4) is 0 Å². The van der Waals surface area contributed by atoms with Gasteiger partial charge in [0.05, 0.1) is 12.7 Å². The third-order valence-corrected chi connectivity index (χ3v) is 4.39. The van der Waals surface area contributed by atoms with Crippen LogP contribution < -0.4 is 0 Å². The second-order valence-corrected chi connectivity index (χ2v) is 5.71. The summed E-state index contributed by atoms with van der Waals surface area (Å²) in [5.41, 5.74) is -1.69. The molecular formula is C14H24F2O3. The molecule has 1 saturated carbocycles. The van der Waals surface area contributed by atoms with Crippen LogP contribution in [0.1, 0.15) is 46.0 Å². The number of esters is 1. The number of rotatable bonds is 5. The van der Waals surface area contributed by atoms with E-state index in [1.807, 2.05) is 0 Å². The minimum atomic E-state index is -2.92. The molecule has 3 nitrogen and oxygen atoms in total. The Hall–Kier alpha value is -0.710. The Balaban J connectivity index is 3.10. The van der Waals surface area contributed by atoms with Crippen molar-refractivity contribution >= 4 is 5.97 Å². The van der Waals surface area contributed by atoms with Gasteiger partial charge in [-0.25, -0.2) is 8.78 Å². The maximum Gasteiger partial charge on any atom is 0.317 e. The average Bonchev–Trinajstić information content (AvgIpc) is 2.38. The van der Waals surface area contributed by atoms with Crippen molar-refractivity contribution in [3.05, 3.63) is 0 Å². The first-order valence-corrected chi connectivity index (χ1v) is 6.94. The molecule has 112 valence electrons. The number of aliphatic hydroxyl groups is 1. The Morgan fingerprint density at radius 2 is 1.79 bits per heavy atom. The number of methoxy groups -OCH3 is 1. The highest BCUT2D eigenvalue weighted by molar-refractivity contribution is 5.74. The fourth-order valence-corrected chi connectivity index (χ4v) is 3.27. The van der Waals surface area contributed by atoms with E-state index >= 15 is 0 Å². The molecule has 1 fully saturated rings. The van der Waals surface area contributed by atoms with Crippen LogP contribution in [0.3, 0.4) is 0 Å². The molecule has 0 amide bonds. The van der Waals surface area contributed by atoms with E-state index in [0.717, 1.165) is 26.4 Å². The zero-order valence-electron chi connectivity index (χ0n) is 11.9. The van der Waals surface area contributed by atoms with Crippen LogP contribution in [0.5, 0.6) is 0 Å². The Morgan fingerprint density at radius 3 is 2.16 bits per heavy atom. The van der Waals surface area contributed by atoms with Crippen molar-refractivity contribution < 1.29 is 23.4 Å². The van der Waals surface area contributed by atoms with Crippen LogP contribution in [0, 0.1) is 17.8 Å². The zero-order chi connectivity index (χ0) is 14.6. The van der Waals surface area contributed by atoms with Crippen molar-refractivity contribution in [2.24, 2.45) is 17.8 Å². The molecule has 0 aromatic rings. The monoisotopic (exact) mass is 278 g/mol. The van der Waals surface area contributed by atoms with Crippen molar-refractivity contribution in [3.63, 3.8) is 0 Å². The van der Waals surface area contributed by atoms with Crippen LogP contribution in [-0.4, -0.2) is 30.2 Å². The van der Waals surface area contributed by atoms with Gasteiger partial charge < -0.3 is 9.84 Å². The number of carbonyl (C=O) groups is 1. The van der Waals surface area contributed by atoms with Crippen LogP contribution in [-0.2, 0) is 9.53 Å². The summed E-state index contributed by atoms with van der Waals surface area (Å²) in [4.78, 5) is 11.7. The molecule has 0 spiro atoms. The normalized spacial score (nSPS) is 22.3. The smallest absolute Gasteiger partial charge is 0.317 e. The molecule has 0 aliphatic heterocycles. The molecule has 2 unspecified atom stereocenters. The summed E-state index contributed by atoms with van der Waals surface area (Å²) in [6.45, 7) is 3.37. The number of ether oxygens (including phenoxy) is 1. The number of carbonyl (C=O) groups excluding carboxylic acids is 1. The van der Waals surface area contributed by atoms with E-state index in [1.54, 1.807) is 13.8 Å². The molecule has 5 heteroatoms. The first-order chi connectivity index (χ1) is 8.85. The highest BCUT2D eigenvalue weighted by atomic mass is 19.3. The van der Waals surface area contributed by atoms with Crippen LogP contribution in [0.2, 0.25) is 0 Å². The molecule has 19 heavy (non-hydrogen) atoms. The summed E-state index contributed by atoms with van der Waals surface area (Å²) < 4.78 is 31.1. The summed E-state index contributed by atoms with van der Waals surface area (Å²) >= 11 is 0. The molecule has 1 aliphatic rings. The van der Waals surface area contributed by atoms with Crippen molar-refractivity contribution in [2.45, 2.75) is 58.0 Å². The zero-order valence-corrected chi connectivity index (χ0v) is 11.9. The van der Waals surface area contributed by atoms with Crippen LogP contribution >= 0.6 is 0 Å². The highest BCUT2D eigenvalue weighted by Gasteiger charge is 2.54. The maximum absolute atomic E-state index is 13.3. The lowest BCUT2D eigenvalue weighted by atomic mass is 9.65. The van der Waals surface area contributed by atoms with Gasteiger partial charge in [0.25, 0.3) is 6.43 Å². The van der Waals surface area contributed by atoms with E-state index in [1.165, 1.54) is 0 Å². The molecule has 1 N–H and O–H groups in total. The first-order valence-electron chi connectivity index (χ1n) is 6.94. The lowest BCUT2D eigenvalue weighted by Gasteiger charge is -2.45. The minimum absolute atomic E-state index is 0.264. The maximum atomic E-state index is 13.3. The van der Waals surface area contributed by atoms with E-state index in [0.29, 0.717) is 12.8 Å². The quantitative estimate of drug-likeness (QED) is 0.786. The van der Waals surface area contributed by atoms with Gasteiger partial charge in [0, 0.05) is 0 Å². The van der Waals surface area contributed by atoms with Gasteiger partial charge in [0.2, 0.25) is 0 Å². The minimum Gasteiger partial charge on any atom is -0.469 e. The number of halogens is 2. The molecule has 0 radical (unpaired) electrons. The van der Waals surface area contributed by atoms with E-state index in [4.69, 9.17) is 0 Å². The Bertz CT molecular complexity index is 301. The van der Waals surface area contributed by atoms with Gasteiger partial charge in [0.1, 0.15) is 5.92 Å². The number of alkyl halides is 2. The molecule has 1 aliphatic carbocycles. The molecule has 0 heterocycles. The fraction of sp³-hybridized carbons (Fsp3) is 0.929. The summed E-state index contributed by atoms with van der Waals surface area (Å²) in [5.74, 6) is -3.47.